The fourth-order valence-corrected chi connectivity index (χ4v) is 2.54. The maximum Gasteiger partial charge on any atom is 0.0441 e. The lowest BCUT2D eigenvalue weighted by Gasteiger charge is -2.16. The lowest BCUT2D eigenvalue weighted by molar-refractivity contribution is 0.332. The maximum atomic E-state index is 6.21. The molecule has 2 heteroatoms. The molecular formula is C12H16ClN. The number of nitrogens with zero attached hydrogens (tertiary/aromatic N) is 1. The third kappa shape index (κ3) is 1.79. The Morgan fingerprint density at radius 1 is 1.43 bits per heavy atom. The Morgan fingerprint density at radius 3 is 3.00 bits per heavy atom. The van der Waals surface area contributed by atoms with Crippen LogP contribution in [0, 0.1) is 0 Å². The molecule has 1 aliphatic heterocycles. The zero-order chi connectivity index (χ0) is 10.1. The van der Waals surface area contributed by atoms with E-state index in [0.29, 0.717) is 5.92 Å². The van der Waals surface area contributed by atoms with Crippen molar-refractivity contribution in [2.45, 2.75) is 19.3 Å². The molecule has 0 unspecified atom stereocenters. The van der Waals surface area contributed by atoms with E-state index in [2.05, 4.69) is 31.0 Å². The molecule has 1 atom stereocenters. The van der Waals surface area contributed by atoms with Gasteiger partial charge in [0.2, 0.25) is 0 Å². The van der Waals surface area contributed by atoms with Crippen LogP contribution < -0.4 is 0 Å². The molecule has 0 fully saturated rings. The van der Waals surface area contributed by atoms with Crippen LogP contribution in [-0.2, 0) is 6.42 Å². The monoisotopic (exact) mass is 209 g/mol. The number of benzene rings is 1. The molecule has 0 aliphatic carbocycles. The first-order valence-electron chi connectivity index (χ1n) is 5.14. The van der Waals surface area contributed by atoms with Gasteiger partial charge in [-0.1, -0.05) is 30.7 Å². The van der Waals surface area contributed by atoms with Gasteiger partial charge < -0.3 is 4.90 Å². The first-order valence-corrected chi connectivity index (χ1v) is 5.52. The van der Waals surface area contributed by atoms with Gasteiger partial charge in [-0.3, -0.25) is 0 Å². The van der Waals surface area contributed by atoms with Crippen LogP contribution in [0.25, 0.3) is 0 Å². The number of fused-ring (bicyclic) bond motifs is 1. The molecule has 1 aromatic carbocycles. The average molecular weight is 210 g/mol. The highest BCUT2D eigenvalue weighted by Crippen LogP contribution is 2.29. The van der Waals surface area contributed by atoms with Crippen LogP contribution in [-0.4, -0.2) is 25.0 Å². The molecule has 0 N–H and O–H groups in total. The summed E-state index contributed by atoms with van der Waals surface area (Å²) >= 11 is 6.21. The van der Waals surface area contributed by atoms with Crippen LogP contribution in [0.15, 0.2) is 18.2 Å². The topological polar surface area (TPSA) is 3.24 Å². The zero-order valence-corrected chi connectivity index (χ0v) is 9.51. The smallest absolute Gasteiger partial charge is 0.0441 e. The molecule has 0 saturated carbocycles. The molecule has 2 rings (SSSR count). The van der Waals surface area contributed by atoms with Gasteiger partial charge in [-0.05, 0) is 36.6 Å². The highest BCUT2D eigenvalue weighted by molar-refractivity contribution is 6.31. The van der Waals surface area contributed by atoms with E-state index in [-0.39, 0.29) is 0 Å². The predicted octanol–water partition coefficient (Wildman–Crippen LogP) is 2.93. The van der Waals surface area contributed by atoms with Gasteiger partial charge in [0.15, 0.2) is 0 Å². The van der Waals surface area contributed by atoms with Gasteiger partial charge in [0, 0.05) is 18.1 Å². The van der Waals surface area contributed by atoms with E-state index >= 15 is 0 Å². The van der Waals surface area contributed by atoms with Crippen molar-refractivity contribution in [3.05, 3.63) is 34.3 Å². The summed E-state index contributed by atoms with van der Waals surface area (Å²) in [4.78, 5) is 2.38. The molecule has 1 heterocycles. The normalized spacial score (nSPS) is 22.9. The van der Waals surface area contributed by atoms with Crippen molar-refractivity contribution in [1.82, 2.24) is 4.90 Å². The number of rotatable bonds is 0. The Balaban J connectivity index is 2.43. The number of hydrogen-bond donors (Lipinski definition) is 0. The molecular weight excluding hydrogens is 194 g/mol. The van der Waals surface area contributed by atoms with Crippen molar-refractivity contribution < 1.29 is 0 Å². The summed E-state index contributed by atoms with van der Waals surface area (Å²) in [6.45, 7) is 4.52. The summed E-state index contributed by atoms with van der Waals surface area (Å²) in [7, 11) is 2.18. The predicted molar refractivity (Wildman–Crippen MR) is 61.1 cm³/mol. The second-order valence-corrected chi connectivity index (χ2v) is 4.63. The molecule has 1 aromatic rings. The minimum absolute atomic E-state index is 0.594. The molecule has 1 nitrogen and oxygen atoms in total. The van der Waals surface area contributed by atoms with Gasteiger partial charge in [0.25, 0.3) is 0 Å². The van der Waals surface area contributed by atoms with Crippen LogP contribution in [0.4, 0.5) is 0 Å². The summed E-state index contributed by atoms with van der Waals surface area (Å²) in [5.41, 5.74) is 2.79. The van der Waals surface area contributed by atoms with Gasteiger partial charge in [-0.2, -0.15) is 0 Å². The number of halogens is 1. The Bertz CT molecular complexity index is 335. The van der Waals surface area contributed by atoms with Gasteiger partial charge in [0.1, 0.15) is 0 Å². The van der Waals surface area contributed by atoms with Crippen LogP contribution >= 0.6 is 11.6 Å². The lowest BCUT2D eigenvalue weighted by atomic mass is 9.95. The van der Waals surface area contributed by atoms with Crippen molar-refractivity contribution >= 4 is 11.6 Å². The third-order valence-electron chi connectivity index (χ3n) is 3.02. The standard InChI is InChI=1S/C12H16ClN/c1-9-8-14(2)7-6-11-10(9)4-3-5-12(11)13/h3-5,9H,6-8H2,1-2H3/t9-/m0/s1. The summed E-state index contributed by atoms with van der Waals surface area (Å²) < 4.78 is 0. The molecule has 0 saturated heterocycles. The van der Waals surface area contributed by atoms with Gasteiger partial charge >= 0.3 is 0 Å². The summed E-state index contributed by atoms with van der Waals surface area (Å²) in [6.07, 6.45) is 1.08. The van der Waals surface area contributed by atoms with Crippen molar-refractivity contribution in [3.8, 4) is 0 Å². The average Bonchev–Trinajstić information content (AvgIpc) is 2.28. The molecule has 0 radical (unpaired) electrons. The van der Waals surface area contributed by atoms with Crippen LogP contribution in [0.5, 0.6) is 0 Å². The molecule has 0 amide bonds. The van der Waals surface area contributed by atoms with Crippen LogP contribution in [0.1, 0.15) is 24.0 Å². The highest BCUT2D eigenvalue weighted by Gasteiger charge is 2.18. The Labute approximate surface area is 90.7 Å². The molecule has 14 heavy (non-hydrogen) atoms. The Morgan fingerprint density at radius 2 is 2.21 bits per heavy atom. The van der Waals surface area contributed by atoms with Crippen LogP contribution in [0.2, 0.25) is 5.02 Å². The number of likely N-dealkylation sites (N-methyl/N-ethyl adjacent to an activating group) is 1. The summed E-state index contributed by atoms with van der Waals surface area (Å²) in [6, 6.07) is 6.27. The molecule has 1 aliphatic rings. The van der Waals surface area contributed by atoms with E-state index in [9.17, 15) is 0 Å². The van der Waals surface area contributed by atoms with Gasteiger partial charge in [-0.25, -0.2) is 0 Å². The minimum Gasteiger partial charge on any atom is -0.305 e. The largest absolute Gasteiger partial charge is 0.305 e. The molecule has 0 spiro atoms. The molecule has 76 valence electrons. The van der Waals surface area contributed by atoms with E-state index in [1.807, 2.05) is 6.07 Å². The fraction of sp³-hybridized carbons (Fsp3) is 0.500. The van der Waals surface area contributed by atoms with Gasteiger partial charge in [0.05, 0.1) is 0 Å². The van der Waals surface area contributed by atoms with Crippen molar-refractivity contribution in [2.24, 2.45) is 0 Å². The zero-order valence-electron chi connectivity index (χ0n) is 8.76. The minimum atomic E-state index is 0.594. The van der Waals surface area contributed by atoms with E-state index in [0.717, 1.165) is 24.5 Å². The lowest BCUT2D eigenvalue weighted by Crippen LogP contribution is -2.22. The first-order chi connectivity index (χ1) is 6.68. The fourth-order valence-electron chi connectivity index (χ4n) is 2.26. The van der Waals surface area contributed by atoms with Crippen molar-refractivity contribution in [1.29, 1.82) is 0 Å². The quantitative estimate of drug-likeness (QED) is 0.635. The Hall–Kier alpha value is -0.530. The molecule has 0 aromatic heterocycles. The van der Waals surface area contributed by atoms with Gasteiger partial charge in [-0.15, -0.1) is 0 Å². The first kappa shape index (κ1) is 10.0. The second kappa shape index (κ2) is 3.92. The van der Waals surface area contributed by atoms with Crippen molar-refractivity contribution in [3.63, 3.8) is 0 Å². The van der Waals surface area contributed by atoms with E-state index in [1.54, 1.807) is 0 Å². The number of hydrogen-bond acceptors (Lipinski definition) is 1. The van der Waals surface area contributed by atoms with Crippen molar-refractivity contribution in [2.75, 3.05) is 20.1 Å². The summed E-state index contributed by atoms with van der Waals surface area (Å²) in [5, 5.41) is 0.935. The van der Waals surface area contributed by atoms with E-state index in [4.69, 9.17) is 11.6 Å². The molecule has 0 bridgehead atoms. The second-order valence-electron chi connectivity index (χ2n) is 4.22. The maximum absolute atomic E-state index is 6.21. The van der Waals surface area contributed by atoms with E-state index < -0.39 is 0 Å². The third-order valence-corrected chi connectivity index (χ3v) is 3.37. The SMILES string of the molecule is C[C@H]1CN(C)CCc2c(Cl)cccc21. The van der Waals surface area contributed by atoms with E-state index in [1.165, 1.54) is 11.1 Å². The highest BCUT2D eigenvalue weighted by atomic mass is 35.5. The Kier molecular flexibility index (Phi) is 2.80. The summed E-state index contributed by atoms with van der Waals surface area (Å²) in [5.74, 6) is 0.594. The van der Waals surface area contributed by atoms with Crippen LogP contribution in [0.3, 0.4) is 0 Å².